The fraction of sp³-hybridized carbons (Fsp3) is 0.722. The van der Waals surface area contributed by atoms with Crippen LogP contribution >= 0.6 is 15.9 Å². The van der Waals surface area contributed by atoms with E-state index >= 15 is 0 Å². The van der Waals surface area contributed by atoms with Crippen molar-refractivity contribution >= 4 is 21.9 Å². The molecular weight excluding hydrogens is 328 g/mol. The van der Waals surface area contributed by atoms with Crippen LogP contribution in [0.3, 0.4) is 0 Å². The molecule has 0 spiro atoms. The van der Waals surface area contributed by atoms with Crippen LogP contribution in [0.4, 0.5) is 0 Å². The minimum atomic E-state index is -0.0367. The summed E-state index contributed by atoms with van der Waals surface area (Å²) >= 11 is 3.42. The van der Waals surface area contributed by atoms with Gasteiger partial charge in [-0.15, -0.1) is 0 Å². The van der Waals surface area contributed by atoms with Crippen LogP contribution in [0.15, 0.2) is 24.3 Å². The zero-order chi connectivity index (χ0) is 15.6. The van der Waals surface area contributed by atoms with Gasteiger partial charge in [0.05, 0.1) is 6.61 Å². The van der Waals surface area contributed by atoms with E-state index in [1.165, 1.54) is 19.3 Å². The molecule has 3 heteroatoms. The van der Waals surface area contributed by atoms with Crippen molar-refractivity contribution in [2.45, 2.75) is 71.1 Å². The summed E-state index contributed by atoms with van der Waals surface area (Å²) in [5, 5.41) is 1.08. The van der Waals surface area contributed by atoms with E-state index in [1.54, 1.807) is 0 Å². The van der Waals surface area contributed by atoms with Crippen LogP contribution in [0.25, 0.3) is 0 Å². The quantitative estimate of drug-likeness (QED) is 0.166. The first-order chi connectivity index (χ1) is 10.3. The first kappa shape index (κ1) is 20.4. The van der Waals surface area contributed by atoms with Crippen molar-refractivity contribution < 1.29 is 9.53 Å². The molecule has 0 rings (SSSR count). The molecule has 0 aromatic carbocycles. The largest absolute Gasteiger partial charge is 0.466 e. The molecule has 0 saturated carbocycles. The lowest BCUT2D eigenvalue weighted by molar-refractivity contribution is -0.143. The Bertz CT molecular complexity index is 285. The number of halogens is 1. The van der Waals surface area contributed by atoms with Crippen LogP contribution < -0.4 is 0 Å². The fourth-order valence-electron chi connectivity index (χ4n) is 1.91. The summed E-state index contributed by atoms with van der Waals surface area (Å²) in [4.78, 5) is 11.5. The van der Waals surface area contributed by atoms with Gasteiger partial charge in [0.25, 0.3) is 0 Å². The monoisotopic (exact) mass is 358 g/mol. The van der Waals surface area contributed by atoms with Gasteiger partial charge in [0.2, 0.25) is 0 Å². The van der Waals surface area contributed by atoms with Crippen LogP contribution in [-0.4, -0.2) is 17.9 Å². The second kappa shape index (κ2) is 17.5. The number of rotatable bonds is 14. The van der Waals surface area contributed by atoms with Gasteiger partial charge in [-0.1, -0.05) is 66.4 Å². The van der Waals surface area contributed by atoms with Gasteiger partial charge in [0.1, 0.15) is 0 Å². The van der Waals surface area contributed by atoms with Crippen molar-refractivity contribution in [3.05, 3.63) is 24.3 Å². The van der Waals surface area contributed by atoms with Gasteiger partial charge in [-0.05, 0) is 38.5 Å². The second-order valence-corrected chi connectivity index (χ2v) is 5.95. The van der Waals surface area contributed by atoms with Gasteiger partial charge in [0.15, 0.2) is 0 Å². The molecule has 0 fully saturated rings. The van der Waals surface area contributed by atoms with Crippen molar-refractivity contribution in [2.75, 3.05) is 11.9 Å². The minimum absolute atomic E-state index is 0.0367. The van der Waals surface area contributed by atoms with Crippen molar-refractivity contribution in [2.24, 2.45) is 0 Å². The normalized spacial score (nSPS) is 11.5. The van der Waals surface area contributed by atoms with Crippen LogP contribution in [0, 0.1) is 0 Å². The van der Waals surface area contributed by atoms with E-state index in [0.717, 1.165) is 43.9 Å². The van der Waals surface area contributed by atoms with Gasteiger partial charge in [-0.25, -0.2) is 0 Å². The Labute approximate surface area is 139 Å². The molecule has 0 aliphatic carbocycles. The molecule has 0 N–H and O–H groups in total. The number of hydrogen-bond acceptors (Lipinski definition) is 2. The summed E-state index contributed by atoms with van der Waals surface area (Å²) in [6.07, 6.45) is 19.1. The molecule has 0 aliphatic heterocycles. The zero-order valence-electron chi connectivity index (χ0n) is 13.5. The predicted molar refractivity (Wildman–Crippen MR) is 94.9 cm³/mol. The highest BCUT2D eigenvalue weighted by Gasteiger charge is 2.01. The van der Waals surface area contributed by atoms with E-state index < -0.39 is 0 Å². The third kappa shape index (κ3) is 17.4. The van der Waals surface area contributed by atoms with Crippen LogP contribution in [0.1, 0.15) is 71.1 Å². The van der Waals surface area contributed by atoms with Crippen LogP contribution in [-0.2, 0) is 9.53 Å². The second-order valence-electron chi connectivity index (χ2n) is 5.16. The predicted octanol–water partition coefficient (Wildman–Crippen LogP) is 5.96. The molecule has 21 heavy (non-hydrogen) atoms. The maximum absolute atomic E-state index is 11.5. The van der Waals surface area contributed by atoms with E-state index in [9.17, 15) is 4.79 Å². The molecule has 0 heterocycles. The Morgan fingerprint density at radius 2 is 1.67 bits per heavy atom. The number of allylic oxidation sites excluding steroid dienone is 4. The molecule has 0 unspecified atom stereocenters. The van der Waals surface area contributed by atoms with Gasteiger partial charge < -0.3 is 4.74 Å². The average molecular weight is 359 g/mol. The summed E-state index contributed by atoms with van der Waals surface area (Å²) in [6, 6.07) is 0. The third-order valence-corrected chi connectivity index (χ3v) is 3.69. The van der Waals surface area contributed by atoms with E-state index in [1.807, 2.05) is 0 Å². The molecule has 122 valence electrons. The number of unbranched alkanes of at least 4 members (excludes halogenated alkanes) is 5. The lowest BCUT2D eigenvalue weighted by atomic mass is 10.1. The molecule has 0 saturated heterocycles. The summed E-state index contributed by atoms with van der Waals surface area (Å²) in [5.74, 6) is -0.0367. The van der Waals surface area contributed by atoms with E-state index in [0.29, 0.717) is 13.0 Å². The summed E-state index contributed by atoms with van der Waals surface area (Å²) < 4.78 is 5.22. The number of ether oxygens (including phenoxy) is 1. The zero-order valence-corrected chi connectivity index (χ0v) is 15.1. The maximum atomic E-state index is 11.5. The Kier molecular flexibility index (Phi) is 17.0. The summed E-state index contributed by atoms with van der Waals surface area (Å²) in [6.45, 7) is 2.69. The molecule has 0 aromatic rings. The molecule has 0 atom stereocenters. The van der Waals surface area contributed by atoms with Gasteiger partial charge >= 0.3 is 5.97 Å². The molecule has 0 aliphatic rings. The van der Waals surface area contributed by atoms with Gasteiger partial charge in [0, 0.05) is 11.8 Å². The van der Waals surface area contributed by atoms with E-state index in [4.69, 9.17) is 4.74 Å². The topological polar surface area (TPSA) is 26.3 Å². The number of carbonyl (C=O) groups is 1. The first-order valence-electron chi connectivity index (χ1n) is 8.32. The van der Waals surface area contributed by atoms with Crippen molar-refractivity contribution in [1.82, 2.24) is 0 Å². The van der Waals surface area contributed by atoms with Gasteiger partial charge in [-0.2, -0.15) is 0 Å². The smallest absolute Gasteiger partial charge is 0.305 e. The maximum Gasteiger partial charge on any atom is 0.305 e. The summed E-state index contributed by atoms with van der Waals surface area (Å²) in [5.41, 5.74) is 0. The Hall–Kier alpha value is -0.570. The Balaban J connectivity index is 3.28. The highest BCUT2D eigenvalue weighted by Crippen LogP contribution is 2.07. The van der Waals surface area contributed by atoms with Crippen LogP contribution in [0.5, 0.6) is 0 Å². The lowest BCUT2D eigenvalue weighted by Gasteiger charge is -2.03. The Morgan fingerprint density at radius 3 is 2.43 bits per heavy atom. The van der Waals surface area contributed by atoms with E-state index in [-0.39, 0.29) is 5.97 Å². The first-order valence-corrected chi connectivity index (χ1v) is 9.45. The average Bonchev–Trinajstić information content (AvgIpc) is 2.49. The molecule has 0 bridgehead atoms. The number of carbonyl (C=O) groups excluding carboxylic acids is 1. The summed E-state index contributed by atoms with van der Waals surface area (Å²) in [7, 11) is 0. The standard InChI is InChI=1S/C18H31BrO2/c1-2-3-4-5-6-7-11-14-17-21-18(20)15-12-9-8-10-13-16-19/h3-4,6-7H,2,5,8-17H2,1H3/b4-3-,7-6-. The highest BCUT2D eigenvalue weighted by molar-refractivity contribution is 9.09. The van der Waals surface area contributed by atoms with Gasteiger partial charge in [-0.3, -0.25) is 4.79 Å². The number of alkyl halides is 1. The fourth-order valence-corrected chi connectivity index (χ4v) is 2.31. The van der Waals surface area contributed by atoms with E-state index in [2.05, 4.69) is 47.2 Å². The van der Waals surface area contributed by atoms with Crippen molar-refractivity contribution in [3.8, 4) is 0 Å². The van der Waals surface area contributed by atoms with Crippen molar-refractivity contribution in [1.29, 1.82) is 0 Å². The molecule has 0 radical (unpaired) electrons. The van der Waals surface area contributed by atoms with Crippen molar-refractivity contribution in [3.63, 3.8) is 0 Å². The SMILES string of the molecule is CC/C=C\C/C=C\CCCOC(=O)CCCCCCCBr. The number of esters is 1. The molecule has 0 aromatic heterocycles. The highest BCUT2D eigenvalue weighted by atomic mass is 79.9. The Morgan fingerprint density at radius 1 is 0.952 bits per heavy atom. The number of hydrogen-bond donors (Lipinski definition) is 0. The molecule has 0 amide bonds. The minimum Gasteiger partial charge on any atom is -0.466 e. The molecule has 2 nitrogen and oxygen atoms in total. The third-order valence-electron chi connectivity index (χ3n) is 3.13. The molecular formula is C18H31BrO2. The van der Waals surface area contributed by atoms with Crippen LogP contribution in [0.2, 0.25) is 0 Å². The lowest BCUT2D eigenvalue weighted by Crippen LogP contribution is -2.05.